The predicted molar refractivity (Wildman–Crippen MR) is 83.3 cm³/mol. The molecule has 0 saturated heterocycles. The van der Waals surface area contributed by atoms with Crippen LogP contribution in [0.1, 0.15) is 13.8 Å². The van der Waals surface area contributed by atoms with E-state index >= 15 is 0 Å². The summed E-state index contributed by atoms with van der Waals surface area (Å²) in [5, 5.41) is 3.35. The Balaban J connectivity index is 1.99. The smallest absolute Gasteiger partial charge is 0.159 e. The number of aromatic nitrogens is 2. The van der Waals surface area contributed by atoms with E-state index in [-0.39, 0.29) is 0 Å². The minimum Gasteiger partial charge on any atom is -0.382 e. The molecule has 1 atom stereocenters. The summed E-state index contributed by atoms with van der Waals surface area (Å²) in [7, 11) is 0. The largest absolute Gasteiger partial charge is 0.382 e. The van der Waals surface area contributed by atoms with Crippen molar-refractivity contribution in [2.24, 2.45) is 17.6 Å². The van der Waals surface area contributed by atoms with E-state index in [0.717, 1.165) is 23.6 Å². The molecule has 2 aromatic rings. The van der Waals surface area contributed by atoms with Gasteiger partial charge in [0.25, 0.3) is 0 Å². The zero-order valence-electron chi connectivity index (χ0n) is 12.1. The van der Waals surface area contributed by atoms with Gasteiger partial charge < -0.3 is 11.1 Å². The zero-order chi connectivity index (χ0) is 14.4. The first-order chi connectivity index (χ1) is 9.70. The number of nitrogens with zero attached hydrogens (tertiary/aromatic N) is 2. The van der Waals surface area contributed by atoms with Gasteiger partial charge in [0.15, 0.2) is 5.82 Å². The Morgan fingerprint density at radius 1 is 1.10 bits per heavy atom. The molecule has 0 radical (unpaired) electrons. The number of anilines is 1. The molecular weight excluding hydrogens is 248 g/mol. The van der Waals surface area contributed by atoms with Gasteiger partial charge in [-0.1, -0.05) is 44.2 Å². The highest BCUT2D eigenvalue weighted by atomic mass is 15.0. The standard InChI is InChI=1S/C16H22N4/c1-12(2)14(8-17)9-18-15-10-19-16(20-11-15)13-6-4-3-5-7-13/h3-7,10-12,14,18H,8-9,17H2,1-2H3. The average molecular weight is 270 g/mol. The lowest BCUT2D eigenvalue weighted by molar-refractivity contribution is 0.413. The van der Waals surface area contributed by atoms with E-state index in [1.165, 1.54) is 0 Å². The molecule has 0 aliphatic carbocycles. The summed E-state index contributed by atoms with van der Waals surface area (Å²) in [4.78, 5) is 8.79. The first-order valence-electron chi connectivity index (χ1n) is 7.02. The van der Waals surface area contributed by atoms with Gasteiger partial charge in [0.05, 0.1) is 18.1 Å². The number of hydrogen-bond acceptors (Lipinski definition) is 4. The molecule has 0 spiro atoms. The second-order valence-electron chi connectivity index (χ2n) is 5.28. The highest BCUT2D eigenvalue weighted by Crippen LogP contribution is 2.16. The fourth-order valence-corrected chi connectivity index (χ4v) is 2.00. The fraction of sp³-hybridized carbons (Fsp3) is 0.375. The van der Waals surface area contributed by atoms with Gasteiger partial charge in [-0.25, -0.2) is 9.97 Å². The summed E-state index contributed by atoms with van der Waals surface area (Å²) in [6.07, 6.45) is 3.65. The van der Waals surface area contributed by atoms with Gasteiger partial charge in [-0.2, -0.15) is 0 Å². The van der Waals surface area contributed by atoms with Crippen molar-refractivity contribution in [2.45, 2.75) is 13.8 Å². The Hall–Kier alpha value is -1.94. The van der Waals surface area contributed by atoms with Crippen LogP contribution < -0.4 is 11.1 Å². The normalized spacial score (nSPS) is 12.4. The Kier molecular flexibility index (Phi) is 5.07. The number of rotatable bonds is 6. The maximum atomic E-state index is 5.77. The maximum absolute atomic E-state index is 5.77. The third-order valence-corrected chi connectivity index (χ3v) is 3.50. The van der Waals surface area contributed by atoms with E-state index in [1.807, 2.05) is 42.7 Å². The van der Waals surface area contributed by atoms with Gasteiger partial charge >= 0.3 is 0 Å². The van der Waals surface area contributed by atoms with Gasteiger partial charge in [0.2, 0.25) is 0 Å². The molecule has 0 aliphatic heterocycles. The van der Waals surface area contributed by atoms with E-state index in [1.54, 1.807) is 0 Å². The second kappa shape index (κ2) is 7.01. The SMILES string of the molecule is CC(C)C(CN)CNc1cnc(-c2ccccc2)nc1. The van der Waals surface area contributed by atoms with Gasteiger partial charge in [0, 0.05) is 12.1 Å². The lowest BCUT2D eigenvalue weighted by Crippen LogP contribution is -2.27. The molecule has 3 N–H and O–H groups in total. The van der Waals surface area contributed by atoms with Crippen LogP contribution in [0.15, 0.2) is 42.7 Å². The Morgan fingerprint density at radius 3 is 2.30 bits per heavy atom. The molecule has 0 aliphatic rings. The molecule has 0 amide bonds. The van der Waals surface area contributed by atoms with Crippen molar-refractivity contribution in [3.05, 3.63) is 42.7 Å². The molecule has 1 heterocycles. The molecule has 20 heavy (non-hydrogen) atoms. The minimum absolute atomic E-state index is 0.462. The molecule has 2 rings (SSSR count). The van der Waals surface area contributed by atoms with Crippen molar-refractivity contribution in [1.29, 1.82) is 0 Å². The van der Waals surface area contributed by atoms with E-state index < -0.39 is 0 Å². The van der Waals surface area contributed by atoms with Gasteiger partial charge in [-0.15, -0.1) is 0 Å². The monoisotopic (exact) mass is 270 g/mol. The molecule has 0 fully saturated rings. The summed E-state index contributed by atoms with van der Waals surface area (Å²) >= 11 is 0. The van der Waals surface area contributed by atoms with Crippen LogP contribution >= 0.6 is 0 Å². The maximum Gasteiger partial charge on any atom is 0.159 e. The van der Waals surface area contributed by atoms with Gasteiger partial charge in [-0.05, 0) is 18.4 Å². The van der Waals surface area contributed by atoms with Crippen LogP contribution in [0, 0.1) is 11.8 Å². The number of hydrogen-bond donors (Lipinski definition) is 2. The zero-order valence-corrected chi connectivity index (χ0v) is 12.1. The Morgan fingerprint density at radius 2 is 1.75 bits per heavy atom. The topological polar surface area (TPSA) is 63.8 Å². The van der Waals surface area contributed by atoms with Crippen LogP contribution in [0.2, 0.25) is 0 Å². The predicted octanol–water partition coefficient (Wildman–Crippen LogP) is 2.79. The van der Waals surface area contributed by atoms with Crippen LogP contribution in [0.3, 0.4) is 0 Å². The van der Waals surface area contributed by atoms with E-state index in [9.17, 15) is 0 Å². The van der Waals surface area contributed by atoms with Crippen molar-refractivity contribution in [1.82, 2.24) is 9.97 Å². The van der Waals surface area contributed by atoms with Crippen LogP contribution in [0.5, 0.6) is 0 Å². The highest BCUT2D eigenvalue weighted by Gasteiger charge is 2.11. The molecular formula is C16H22N4. The second-order valence-corrected chi connectivity index (χ2v) is 5.28. The lowest BCUT2D eigenvalue weighted by Gasteiger charge is -2.19. The summed E-state index contributed by atoms with van der Waals surface area (Å²) in [5.41, 5.74) is 7.73. The highest BCUT2D eigenvalue weighted by molar-refractivity contribution is 5.55. The van der Waals surface area contributed by atoms with E-state index in [2.05, 4.69) is 29.1 Å². The molecule has 1 unspecified atom stereocenters. The van der Waals surface area contributed by atoms with Crippen LogP contribution in [0.25, 0.3) is 11.4 Å². The lowest BCUT2D eigenvalue weighted by atomic mass is 9.96. The van der Waals surface area contributed by atoms with Crippen molar-refractivity contribution in [3.8, 4) is 11.4 Å². The van der Waals surface area contributed by atoms with Crippen LogP contribution in [0.4, 0.5) is 5.69 Å². The summed E-state index contributed by atoms with van der Waals surface area (Å²) in [6, 6.07) is 9.97. The molecule has 4 nitrogen and oxygen atoms in total. The van der Waals surface area contributed by atoms with E-state index in [4.69, 9.17) is 5.73 Å². The van der Waals surface area contributed by atoms with Crippen LogP contribution in [-0.2, 0) is 0 Å². The minimum atomic E-state index is 0.462. The first kappa shape index (κ1) is 14.5. The molecule has 106 valence electrons. The Labute approximate surface area is 120 Å². The average Bonchev–Trinajstić information content (AvgIpc) is 2.49. The summed E-state index contributed by atoms with van der Waals surface area (Å²) in [6.45, 7) is 5.91. The molecule has 0 bridgehead atoms. The third kappa shape index (κ3) is 3.78. The van der Waals surface area contributed by atoms with Crippen molar-refractivity contribution in [3.63, 3.8) is 0 Å². The van der Waals surface area contributed by atoms with E-state index in [0.29, 0.717) is 18.4 Å². The number of nitrogens with one attached hydrogen (secondary N) is 1. The Bertz CT molecular complexity index is 508. The van der Waals surface area contributed by atoms with Gasteiger partial charge in [0.1, 0.15) is 0 Å². The fourth-order valence-electron chi connectivity index (χ4n) is 2.00. The molecule has 1 aromatic carbocycles. The van der Waals surface area contributed by atoms with Crippen molar-refractivity contribution in [2.75, 3.05) is 18.4 Å². The van der Waals surface area contributed by atoms with Crippen molar-refractivity contribution < 1.29 is 0 Å². The molecule has 4 heteroatoms. The first-order valence-corrected chi connectivity index (χ1v) is 7.02. The molecule has 0 saturated carbocycles. The quantitative estimate of drug-likeness (QED) is 0.847. The summed E-state index contributed by atoms with van der Waals surface area (Å²) < 4.78 is 0. The van der Waals surface area contributed by atoms with Gasteiger partial charge in [-0.3, -0.25) is 0 Å². The number of benzene rings is 1. The number of nitrogens with two attached hydrogens (primary N) is 1. The third-order valence-electron chi connectivity index (χ3n) is 3.50. The summed E-state index contributed by atoms with van der Waals surface area (Å²) in [5.74, 6) is 1.77. The molecule has 1 aromatic heterocycles. The van der Waals surface area contributed by atoms with Crippen molar-refractivity contribution >= 4 is 5.69 Å². The van der Waals surface area contributed by atoms with Crippen LogP contribution in [-0.4, -0.2) is 23.1 Å².